The zero-order valence-electron chi connectivity index (χ0n) is 12.0. The van der Waals surface area contributed by atoms with Gasteiger partial charge in [-0.25, -0.2) is 4.98 Å². The summed E-state index contributed by atoms with van der Waals surface area (Å²) in [6.07, 6.45) is 4.70. The van der Waals surface area contributed by atoms with Crippen molar-refractivity contribution >= 4 is 28.1 Å². The molecule has 0 unspecified atom stereocenters. The lowest BCUT2D eigenvalue weighted by molar-refractivity contribution is 0.102. The van der Waals surface area contributed by atoms with Gasteiger partial charge >= 0.3 is 0 Å². The van der Waals surface area contributed by atoms with Crippen LogP contribution in [0.5, 0.6) is 0 Å². The average Bonchev–Trinajstić information content (AvgIpc) is 3.05. The van der Waals surface area contributed by atoms with Crippen LogP contribution in [-0.4, -0.2) is 20.3 Å². The van der Waals surface area contributed by atoms with Crippen molar-refractivity contribution in [1.29, 1.82) is 0 Å². The highest BCUT2D eigenvalue weighted by molar-refractivity contribution is 6.08. The third-order valence-corrected chi connectivity index (χ3v) is 3.70. The van der Waals surface area contributed by atoms with Gasteiger partial charge in [0.25, 0.3) is 11.5 Å². The highest BCUT2D eigenvalue weighted by atomic mass is 16.2. The maximum atomic E-state index is 12.5. The van der Waals surface area contributed by atoms with Gasteiger partial charge in [-0.05, 0) is 30.3 Å². The molecule has 3 aromatic heterocycles. The van der Waals surface area contributed by atoms with Crippen LogP contribution in [0.3, 0.4) is 0 Å². The van der Waals surface area contributed by atoms with Crippen LogP contribution in [0.4, 0.5) is 5.69 Å². The molecule has 23 heavy (non-hydrogen) atoms. The number of anilines is 1. The molecule has 3 heterocycles. The summed E-state index contributed by atoms with van der Waals surface area (Å²) in [6.45, 7) is 0. The number of amides is 1. The SMILES string of the molecule is O=C(Nc1cccc2[nH]ccc12)c1cnc2ccccn2c1=O. The first-order valence-electron chi connectivity index (χ1n) is 7.08. The summed E-state index contributed by atoms with van der Waals surface area (Å²) >= 11 is 0. The molecular formula is C17H12N4O2. The standard InChI is InChI=1S/C17H12N4O2/c22-16(20-14-5-3-4-13-11(14)7-8-18-13)12-10-19-15-6-1-2-9-21(15)17(12)23/h1-10,18H,(H,20,22). The van der Waals surface area contributed by atoms with Gasteiger partial charge in [-0.3, -0.25) is 14.0 Å². The molecule has 112 valence electrons. The quantitative estimate of drug-likeness (QED) is 0.597. The normalized spacial score (nSPS) is 11.0. The van der Waals surface area contributed by atoms with E-state index in [1.54, 1.807) is 36.7 Å². The first-order chi connectivity index (χ1) is 11.2. The van der Waals surface area contributed by atoms with Crippen LogP contribution >= 0.6 is 0 Å². The van der Waals surface area contributed by atoms with E-state index in [0.29, 0.717) is 11.3 Å². The number of H-pyrrole nitrogens is 1. The van der Waals surface area contributed by atoms with E-state index >= 15 is 0 Å². The van der Waals surface area contributed by atoms with E-state index in [1.807, 2.05) is 18.2 Å². The summed E-state index contributed by atoms with van der Waals surface area (Å²) in [5, 5.41) is 3.66. The monoisotopic (exact) mass is 304 g/mol. The number of nitrogens with zero attached hydrogens (tertiary/aromatic N) is 2. The molecule has 0 atom stereocenters. The topological polar surface area (TPSA) is 79.3 Å². The molecule has 0 radical (unpaired) electrons. The van der Waals surface area contributed by atoms with Gasteiger partial charge in [-0.1, -0.05) is 12.1 Å². The molecule has 0 aliphatic carbocycles. The Labute approximate surface area is 130 Å². The number of hydrogen-bond acceptors (Lipinski definition) is 3. The lowest BCUT2D eigenvalue weighted by atomic mass is 10.2. The van der Waals surface area contributed by atoms with Gasteiger partial charge < -0.3 is 10.3 Å². The van der Waals surface area contributed by atoms with Crippen molar-refractivity contribution in [3.05, 3.63) is 77.0 Å². The van der Waals surface area contributed by atoms with Crippen LogP contribution in [0, 0.1) is 0 Å². The smallest absolute Gasteiger partial charge is 0.270 e. The molecular weight excluding hydrogens is 292 g/mol. The van der Waals surface area contributed by atoms with E-state index in [0.717, 1.165) is 10.9 Å². The zero-order chi connectivity index (χ0) is 15.8. The van der Waals surface area contributed by atoms with Crippen LogP contribution in [0.1, 0.15) is 10.4 Å². The van der Waals surface area contributed by atoms with E-state index < -0.39 is 11.5 Å². The minimum absolute atomic E-state index is 0.00115. The summed E-state index contributed by atoms with van der Waals surface area (Å²) < 4.78 is 1.35. The van der Waals surface area contributed by atoms with E-state index in [2.05, 4.69) is 15.3 Å². The number of nitrogens with one attached hydrogen (secondary N) is 2. The summed E-state index contributed by atoms with van der Waals surface area (Å²) in [4.78, 5) is 32.1. The number of rotatable bonds is 2. The number of fused-ring (bicyclic) bond motifs is 2. The first-order valence-corrected chi connectivity index (χ1v) is 7.08. The van der Waals surface area contributed by atoms with Crippen molar-refractivity contribution in [1.82, 2.24) is 14.4 Å². The number of pyridine rings is 1. The second-order valence-corrected chi connectivity index (χ2v) is 5.10. The number of carbonyl (C=O) groups excluding carboxylic acids is 1. The van der Waals surface area contributed by atoms with Crippen LogP contribution < -0.4 is 10.9 Å². The van der Waals surface area contributed by atoms with Crippen LogP contribution in [-0.2, 0) is 0 Å². The fourth-order valence-electron chi connectivity index (χ4n) is 2.57. The predicted octanol–water partition coefficient (Wildman–Crippen LogP) is 2.43. The zero-order valence-corrected chi connectivity index (χ0v) is 12.0. The van der Waals surface area contributed by atoms with Gasteiger partial charge in [0.05, 0.1) is 5.69 Å². The second-order valence-electron chi connectivity index (χ2n) is 5.10. The Morgan fingerprint density at radius 1 is 1.13 bits per heavy atom. The van der Waals surface area contributed by atoms with Gasteiger partial charge in [-0.2, -0.15) is 0 Å². The molecule has 0 aliphatic rings. The fraction of sp³-hybridized carbons (Fsp3) is 0. The van der Waals surface area contributed by atoms with Crippen LogP contribution in [0.2, 0.25) is 0 Å². The summed E-state index contributed by atoms with van der Waals surface area (Å²) in [7, 11) is 0. The molecule has 0 aliphatic heterocycles. The molecule has 6 nitrogen and oxygen atoms in total. The average molecular weight is 304 g/mol. The molecule has 1 aromatic carbocycles. The molecule has 0 saturated heterocycles. The molecule has 0 spiro atoms. The number of benzene rings is 1. The minimum Gasteiger partial charge on any atom is -0.361 e. The lowest BCUT2D eigenvalue weighted by Crippen LogP contribution is -2.26. The Balaban J connectivity index is 1.76. The number of hydrogen-bond donors (Lipinski definition) is 2. The Hall–Kier alpha value is -3.41. The van der Waals surface area contributed by atoms with Crippen LogP contribution in [0.25, 0.3) is 16.6 Å². The van der Waals surface area contributed by atoms with Gasteiger partial charge in [-0.15, -0.1) is 0 Å². The molecule has 4 rings (SSSR count). The highest BCUT2D eigenvalue weighted by Gasteiger charge is 2.14. The van der Waals surface area contributed by atoms with Crippen molar-refractivity contribution in [3.8, 4) is 0 Å². The Kier molecular flexibility index (Phi) is 2.94. The van der Waals surface area contributed by atoms with Crippen molar-refractivity contribution in [3.63, 3.8) is 0 Å². The van der Waals surface area contributed by atoms with E-state index in [1.165, 1.54) is 10.6 Å². The third kappa shape index (κ3) is 2.17. The third-order valence-electron chi connectivity index (χ3n) is 3.70. The van der Waals surface area contributed by atoms with Crippen LogP contribution in [0.15, 0.2) is 65.8 Å². The second kappa shape index (κ2) is 5.10. The Morgan fingerprint density at radius 2 is 2.04 bits per heavy atom. The molecule has 6 heteroatoms. The maximum Gasteiger partial charge on any atom is 0.270 e. The molecule has 0 fully saturated rings. The van der Waals surface area contributed by atoms with Crippen molar-refractivity contribution < 1.29 is 4.79 Å². The molecule has 2 N–H and O–H groups in total. The van der Waals surface area contributed by atoms with E-state index in [-0.39, 0.29) is 5.56 Å². The van der Waals surface area contributed by atoms with Gasteiger partial charge in [0.15, 0.2) is 0 Å². The summed E-state index contributed by atoms with van der Waals surface area (Å²) in [5.74, 6) is -0.477. The largest absolute Gasteiger partial charge is 0.361 e. The van der Waals surface area contributed by atoms with Gasteiger partial charge in [0.2, 0.25) is 0 Å². The van der Waals surface area contributed by atoms with Crippen molar-refractivity contribution in [2.24, 2.45) is 0 Å². The Bertz CT molecular complexity index is 1090. The predicted molar refractivity (Wildman–Crippen MR) is 87.7 cm³/mol. The minimum atomic E-state index is -0.477. The Morgan fingerprint density at radius 3 is 2.96 bits per heavy atom. The molecule has 0 bridgehead atoms. The van der Waals surface area contributed by atoms with Gasteiger partial charge in [0.1, 0.15) is 11.2 Å². The number of carbonyl (C=O) groups is 1. The van der Waals surface area contributed by atoms with Crippen molar-refractivity contribution in [2.45, 2.75) is 0 Å². The van der Waals surface area contributed by atoms with E-state index in [9.17, 15) is 9.59 Å². The summed E-state index contributed by atoms with van der Waals surface area (Å²) in [6, 6.07) is 12.6. The molecule has 0 saturated carbocycles. The maximum absolute atomic E-state index is 12.5. The highest BCUT2D eigenvalue weighted by Crippen LogP contribution is 2.22. The number of aromatic amines is 1. The molecule has 4 aromatic rings. The summed E-state index contributed by atoms with van der Waals surface area (Å²) in [5.41, 5.74) is 1.67. The lowest BCUT2D eigenvalue weighted by Gasteiger charge is -2.07. The first kappa shape index (κ1) is 13.3. The van der Waals surface area contributed by atoms with Gasteiger partial charge in [0, 0.05) is 29.5 Å². The van der Waals surface area contributed by atoms with E-state index in [4.69, 9.17) is 0 Å². The van der Waals surface area contributed by atoms with Crippen molar-refractivity contribution in [2.75, 3.05) is 5.32 Å². The number of aromatic nitrogens is 3. The molecule has 1 amide bonds. The fourth-order valence-corrected chi connectivity index (χ4v) is 2.57.